The normalized spacial score (nSPS) is 10.5. The molecule has 0 fully saturated rings. The quantitative estimate of drug-likeness (QED) is 0.597. The van der Waals surface area contributed by atoms with E-state index in [1.54, 1.807) is 36.4 Å². The van der Waals surface area contributed by atoms with Crippen molar-refractivity contribution in [2.75, 3.05) is 10.6 Å². The van der Waals surface area contributed by atoms with Crippen LogP contribution in [0.1, 0.15) is 10.5 Å². The van der Waals surface area contributed by atoms with Crippen LogP contribution in [0.2, 0.25) is 0 Å². The first-order chi connectivity index (χ1) is 11.0. The number of anilines is 2. The number of nitrogens with one attached hydrogen (secondary N) is 3. The Bertz CT molecular complexity index is 904. The zero-order valence-corrected chi connectivity index (χ0v) is 11.9. The van der Waals surface area contributed by atoms with Crippen LogP contribution in [0.3, 0.4) is 0 Å². The van der Waals surface area contributed by atoms with Crippen LogP contribution < -0.4 is 16.4 Å². The van der Waals surface area contributed by atoms with E-state index in [1.165, 1.54) is 12.1 Å². The highest BCUT2D eigenvalue weighted by Crippen LogP contribution is 2.19. The van der Waals surface area contributed by atoms with Gasteiger partial charge >= 0.3 is 6.03 Å². The van der Waals surface area contributed by atoms with Crippen molar-refractivity contribution < 1.29 is 14.0 Å². The van der Waals surface area contributed by atoms with Gasteiger partial charge in [0, 0.05) is 22.3 Å². The molecule has 0 unspecified atom stereocenters. The van der Waals surface area contributed by atoms with Crippen LogP contribution in [0.5, 0.6) is 0 Å². The van der Waals surface area contributed by atoms with Crippen molar-refractivity contribution >= 4 is 34.2 Å². The number of carbonyl (C=O) groups excluding carboxylic acids is 2. The SMILES string of the molecule is NC(=O)Nc1cccc(NC(=O)c2cc3cc(F)ccc3[nH]2)c1. The van der Waals surface area contributed by atoms with Gasteiger partial charge in [-0.1, -0.05) is 6.07 Å². The molecule has 0 bridgehead atoms. The number of urea groups is 1. The maximum absolute atomic E-state index is 13.2. The lowest BCUT2D eigenvalue weighted by Crippen LogP contribution is -2.19. The van der Waals surface area contributed by atoms with Crippen LogP contribution in [0.4, 0.5) is 20.6 Å². The Morgan fingerprint density at radius 2 is 1.74 bits per heavy atom. The molecule has 3 rings (SSSR count). The van der Waals surface area contributed by atoms with Crippen LogP contribution in [0.25, 0.3) is 10.9 Å². The van der Waals surface area contributed by atoms with E-state index in [4.69, 9.17) is 5.73 Å². The monoisotopic (exact) mass is 312 g/mol. The van der Waals surface area contributed by atoms with Gasteiger partial charge in [-0.2, -0.15) is 0 Å². The fraction of sp³-hybridized carbons (Fsp3) is 0. The Kier molecular flexibility index (Phi) is 3.68. The van der Waals surface area contributed by atoms with Crippen molar-refractivity contribution in [2.24, 2.45) is 5.73 Å². The van der Waals surface area contributed by atoms with Crippen LogP contribution in [-0.4, -0.2) is 16.9 Å². The van der Waals surface area contributed by atoms with Gasteiger partial charge in [-0.05, 0) is 42.5 Å². The van der Waals surface area contributed by atoms with E-state index in [0.29, 0.717) is 28.0 Å². The maximum Gasteiger partial charge on any atom is 0.316 e. The summed E-state index contributed by atoms with van der Waals surface area (Å²) in [6.45, 7) is 0. The Balaban J connectivity index is 1.81. The summed E-state index contributed by atoms with van der Waals surface area (Å²) >= 11 is 0. The van der Waals surface area contributed by atoms with E-state index >= 15 is 0 Å². The number of carbonyl (C=O) groups is 2. The smallest absolute Gasteiger partial charge is 0.316 e. The molecule has 1 aromatic heterocycles. The number of H-pyrrole nitrogens is 1. The third kappa shape index (κ3) is 3.29. The molecule has 7 heteroatoms. The second kappa shape index (κ2) is 5.80. The van der Waals surface area contributed by atoms with Gasteiger partial charge in [0.05, 0.1) is 0 Å². The molecule has 2 aromatic carbocycles. The molecule has 0 spiro atoms. The molecule has 6 nitrogen and oxygen atoms in total. The lowest BCUT2D eigenvalue weighted by Gasteiger charge is -2.06. The summed E-state index contributed by atoms with van der Waals surface area (Å²) in [6, 6.07) is 11.7. The minimum Gasteiger partial charge on any atom is -0.351 e. The number of amides is 3. The third-order valence-corrected chi connectivity index (χ3v) is 3.22. The predicted molar refractivity (Wildman–Crippen MR) is 85.9 cm³/mol. The molecule has 0 atom stereocenters. The Morgan fingerprint density at radius 1 is 1.00 bits per heavy atom. The zero-order chi connectivity index (χ0) is 16.4. The number of rotatable bonds is 3. The third-order valence-electron chi connectivity index (χ3n) is 3.22. The molecule has 3 aromatic rings. The van der Waals surface area contributed by atoms with Gasteiger partial charge in [0.2, 0.25) is 0 Å². The molecule has 1 heterocycles. The number of fused-ring (bicyclic) bond motifs is 1. The number of nitrogens with two attached hydrogens (primary N) is 1. The van der Waals surface area contributed by atoms with Crippen molar-refractivity contribution in [1.82, 2.24) is 4.98 Å². The van der Waals surface area contributed by atoms with Gasteiger partial charge in [0.25, 0.3) is 5.91 Å². The van der Waals surface area contributed by atoms with Gasteiger partial charge in [-0.25, -0.2) is 9.18 Å². The summed E-state index contributed by atoms with van der Waals surface area (Å²) in [6.07, 6.45) is 0. The van der Waals surface area contributed by atoms with Crippen molar-refractivity contribution in [3.63, 3.8) is 0 Å². The van der Waals surface area contributed by atoms with E-state index in [2.05, 4.69) is 15.6 Å². The van der Waals surface area contributed by atoms with E-state index in [-0.39, 0.29) is 11.7 Å². The fourth-order valence-corrected chi connectivity index (χ4v) is 2.24. The minimum absolute atomic E-state index is 0.305. The van der Waals surface area contributed by atoms with E-state index < -0.39 is 6.03 Å². The lowest BCUT2D eigenvalue weighted by atomic mass is 10.2. The van der Waals surface area contributed by atoms with Crippen LogP contribution in [0.15, 0.2) is 48.5 Å². The first kappa shape index (κ1) is 14.6. The summed E-state index contributed by atoms with van der Waals surface area (Å²) in [5, 5.41) is 5.73. The van der Waals surface area contributed by atoms with E-state index in [9.17, 15) is 14.0 Å². The number of hydrogen-bond acceptors (Lipinski definition) is 2. The second-order valence-corrected chi connectivity index (χ2v) is 4.94. The largest absolute Gasteiger partial charge is 0.351 e. The topological polar surface area (TPSA) is 100 Å². The van der Waals surface area contributed by atoms with Crippen LogP contribution >= 0.6 is 0 Å². The van der Waals surface area contributed by atoms with Crippen LogP contribution in [0, 0.1) is 5.82 Å². The number of hydrogen-bond donors (Lipinski definition) is 4. The zero-order valence-electron chi connectivity index (χ0n) is 11.9. The number of aromatic amines is 1. The van der Waals surface area contributed by atoms with Crippen molar-refractivity contribution in [2.45, 2.75) is 0 Å². The number of primary amides is 1. The fourth-order valence-electron chi connectivity index (χ4n) is 2.24. The molecule has 0 radical (unpaired) electrons. The summed E-state index contributed by atoms with van der Waals surface area (Å²) in [5.41, 5.74) is 6.98. The molecule has 0 aliphatic carbocycles. The molecule has 0 saturated carbocycles. The highest BCUT2D eigenvalue weighted by molar-refractivity contribution is 6.06. The first-order valence-electron chi connectivity index (χ1n) is 6.77. The van der Waals surface area contributed by atoms with Crippen molar-refractivity contribution in [1.29, 1.82) is 0 Å². The summed E-state index contributed by atoms with van der Waals surface area (Å²) < 4.78 is 13.2. The number of halogens is 1. The average molecular weight is 312 g/mol. The summed E-state index contributed by atoms with van der Waals surface area (Å²) in [5.74, 6) is -0.744. The maximum atomic E-state index is 13.2. The molecule has 0 aliphatic heterocycles. The molecule has 5 N–H and O–H groups in total. The van der Waals surface area contributed by atoms with Crippen LogP contribution in [-0.2, 0) is 0 Å². The minimum atomic E-state index is -0.689. The molecule has 0 aliphatic rings. The molecule has 23 heavy (non-hydrogen) atoms. The number of benzene rings is 2. The average Bonchev–Trinajstić information content (AvgIpc) is 2.90. The highest BCUT2D eigenvalue weighted by Gasteiger charge is 2.10. The second-order valence-electron chi connectivity index (χ2n) is 4.94. The molecular weight excluding hydrogens is 299 g/mol. The molecule has 116 valence electrons. The van der Waals surface area contributed by atoms with Gasteiger partial charge in [-0.3, -0.25) is 4.79 Å². The Morgan fingerprint density at radius 3 is 2.48 bits per heavy atom. The summed E-state index contributed by atoms with van der Waals surface area (Å²) in [7, 11) is 0. The first-order valence-corrected chi connectivity index (χ1v) is 6.77. The van der Waals surface area contributed by atoms with Gasteiger partial charge in [0.1, 0.15) is 11.5 Å². The van der Waals surface area contributed by atoms with Gasteiger partial charge in [-0.15, -0.1) is 0 Å². The highest BCUT2D eigenvalue weighted by atomic mass is 19.1. The van der Waals surface area contributed by atoms with Crippen molar-refractivity contribution in [3.05, 3.63) is 60.0 Å². The lowest BCUT2D eigenvalue weighted by molar-refractivity contribution is 0.102. The molecule has 0 saturated heterocycles. The van der Waals surface area contributed by atoms with E-state index in [0.717, 1.165) is 0 Å². The standard InChI is InChI=1S/C16H13FN4O2/c17-10-4-5-13-9(6-10)7-14(21-13)15(22)19-11-2-1-3-12(8-11)20-16(18)23/h1-8,21H,(H,19,22)(H3,18,20,23). The Hall–Kier alpha value is -3.35. The molecular formula is C16H13FN4O2. The number of aromatic nitrogens is 1. The summed E-state index contributed by atoms with van der Waals surface area (Å²) in [4.78, 5) is 26.0. The van der Waals surface area contributed by atoms with Gasteiger partial charge in [0.15, 0.2) is 0 Å². The molecule has 3 amide bonds. The van der Waals surface area contributed by atoms with Gasteiger partial charge < -0.3 is 21.4 Å². The van der Waals surface area contributed by atoms with Crippen molar-refractivity contribution in [3.8, 4) is 0 Å². The predicted octanol–water partition coefficient (Wildman–Crippen LogP) is 3.05. The Labute approximate surface area is 130 Å². The van der Waals surface area contributed by atoms with E-state index in [1.807, 2.05) is 0 Å².